The number of hydrogen-bond acceptors (Lipinski definition) is 5. The van der Waals surface area contributed by atoms with Crippen LogP contribution in [0.2, 0.25) is 0 Å². The Labute approximate surface area is 174 Å². The van der Waals surface area contributed by atoms with Crippen molar-refractivity contribution in [2.75, 3.05) is 6.54 Å². The molecule has 0 unspecified atom stereocenters. The second-order valence-electron chi connectivity index (χ2n) is 6.83. The molecule has 0 saturated carbocycles. The number of H-pyrrole nitrogens is 1. The molecule has 0 aliphatic heterocycles. The summed E-state index contributed by atoms with van der Waals surface area (Å²) in [6.45, 7) is 3.28. The average molecular weight is 430 g/mol. The number of carbonyl (C=O) groups excluding carboxylic acids is 2. The first kappa shape index (κ1) is 21.8. The third-order valence-corrected chi connectivity index (χ3v) is 4.54. The van der Waals surface area contributed by atoms with Crippen LogP contribution in [-0.2, 0) is 6.18 Å². The van der Waals surface area contributed by atoms with Crippen molar-refractivity contribution in [2.45, 2.75) is 26.1 Å². The maximum Gasteiger partial charge on any atom is 0.417 e. The monoisotopic (exact) mass is 430 g/mol. The molecule has 3 aromatic rings. The van der Waals surface area contributed by atoms with E-state index in [1.165, 1.54) is 23.7 Å². The third-order valence-electron chi connectivity index (χ3n) is 4.54. The molecule has 11 heteroatoms. The fraction of sp³-hybridized carbons (Fsp3) is 0.250. The number of rotatable bonds is 6. The van der Waals surface area contributed by atoms with Crippen molar-refractivity contribution in [2.24, 2.45) is 0 Å². The molecule has 2 heterocycles. The third kappa shape index (κ3) is 4.80. The predicted molar refractivity (Wildman–Crippen MR) is 103 cm³/mol. The van der Waals surface area contributed by atoms with Gasteiger partial charge in [-0.3, -0.25) is 19.4 Å². The van der Waals surface area contributed by atoms with Crippen molar-refractivity contribution >= 4 is 11.7 Å². The van der Waals surface area contributed by atoms with Gasteiger partial charge in [-0.05, 0) is 31.2 Å². The van der Waals surface area contributed by atoms with Gasteiger partial charge in [0.25, 0.3) is 5.91 Å². The molecule has 0 aliphatic rings. The van der Waals surface area contributed by atoms with Crippen molar-refractivity contribution in [1.82, 2.24) is 25.3 Å². The minimum atomic E-state index is -4.66. The van der Waals surface area contributed by atoms with E-state index in [0.29, 0.717) is 5.69 Å². The van der Waals surface area contributed by atoms with Crippen molar-refractivity contribution in [3.63, 3.8) is 0 Å². The fourth-order valence-electron chi connectivity index (χ4n) is 2.82. The van der Waals surface area contributed by atoms with E-state index in [-0.39, 0.29) is 35.3 Å². The summed E-state index contributed by atoms with van der Waals surface area (Å²) in [5, 5.41) is 22.1. The first-order chi connectivity index (χ1) is 14.6. The Hall–Kier alpha value is -3.94. The summed E-state index contributed by atoms with van der Waals surface area (Å²) in [5.74, 6) is -0.731. The van der Waals surface area contributed by atoms with Gasteiger partial charge in [0, 0.05) is 25.2 Å². The van der Waals surface area contributed by atoms with Gasteiger partial charge in [0.1, 0.15) is 11.4 Å². The van der Waals surface area contributed by atoms with Crippen LogP contribution in [0, 0.1) is 11.3 Å². The van der Waals surface area contributed by atoms with Crippen molar-refractivity contribution in [3.8, 4) is 17.3 Å². The molecule has 1 aromatic carbocycles. The van der Waals surface area contributed by atoms with Gasteiger partial charge < -0.3 is 5.32 Å². The number of aromatic nitrogens is 4. The van der Waals surface area contributed by atoms with Crippen molar-refractivity contribution in [3.05, 3.63) is 59.0 Å². The number of alkyl halides is 3. The maximum atomic E-state index is 13.2. The van der Waals surface area contributed by atoms with E-state index in [0.717, 1.165) is 12.1 Å². The van der Waals surface area contributed by atoms with Gasteiger partial charge in [0.05, 0.1) is 28.9 Å². The number of amides is 1. The van der Waals surface area contributed by atoms with E-state index in [2.05, 4.69) is 20.6 Å². The normalized spacial score (nSPS) is 12.3. The molecule has 2 aromatic heterocycles. The fourth-order valence-corrected chi connectivity index (χ4v) is 2.82. The number of carbonyl (C=O) groups is 2. The minimum Gasteiger partial charge on any atom is -0.349 e. The van der Waals surface area contributed by atoms with Gasteiger partial charge in [-0.1, -0.05) is 6.07 Å². The molecule has 160 valence electrons. The van der Waals surface area contributed by atoms with E-state index in [9.17, 15) is 22.8 Å². The molecule has 0 aliphatic carbocycles. The van der Waals surface area contributed by atoms with Crippen LogP contribution in [0.5, 0.6) is 0 Å². The number of ketones is 1. The van der Waals surface area contributed by atoms with E-state index < -0.39 is 23.2 Å². The number of aromatic amines is 1. The lowest BCUT2D eigenvalue weighted by molar-refractivity contribution is -0.137. The van der Waals surface area contributed by atoms with Crippen LogP contribution in [0.3, 0.4) is 0 Å². The van der Waals surface area contributed by atoms with Crippen LogP contribution in [0.1, 0.15) is 52.0 Å². The highest BCUT2D eigenvalue weighted by atomic mass is 19.4. The summed E-state index contributed by atoms with van der Waals surface area (Å²) < 4.78 is 41.1. The topological polar surface area (TPSA) is 116 Å². The van der Waals surface area contributed by atoms with Crippen LogP contribution < -0.4 is 5.32 Å². The Bertz CT molecular complexity index is 1170. The van der Waals surface area contributed by atoms with E-state index in [1.807, 2.05) is 0 Å². The molecule has 0 fully saturated rings. The predicted octanol–water partition coefficient (Wildman–Crippen LogP) is 3.36. The maximum absolute atomic E-state index is 13.2. The zero-order valence-corrected chi connectivity index (χ0v) is 16.5. The zero-order chi connectivity index (χ0) is 22.8. The number of hydrogen-bond donors (Lipinski definition) is 2. The van der Waals surface area contributed by atoms with Gasteiger partial charge in [-0.15, -0.1) is 0 Å². The van der Waals surface area contributed by atoms with Gasteiger partial charge in [0.2, 0.25) is 0 Å². The van der Waals surface area contributed by atoms with Crippen molar-refractivity contribution < 1.29 is 22.8 Å². The number of Topliss-reactive ketones (excluding diaryl/α,β-unsaturated/α-hetero) is 1. The zero-order valence-electron chi connectivity index (χ0n) is 16.5. The van der Waals surface area contributed by atoms with Crippen LogP contribution in [0.25, 0.3) is 11.3 Å². The molecule has 0 spiro atoms. The molecular formula is C20H17F3N6O2. The Morgan fingerprint density at radius 3 is 2.65 bits per heavy atom. The summed E-state index contributed by atoms with van der Waals surface area (Å²) in [5.41, 5.74) is -0.680. The number of nitrogens with one attached hydrogen (secondary N) is 2. The first-order valence-electron chi connectivity index (χ1n) is 9.11. The van der Waals surface area contributed by atoms with Gasteiger partial charge in [-0.25, -0.2) is 0 Å². The number of benzene rings is 1. The largest absolute Gasteiger partial charge is 0.417 e. The highest BCUT2D eigenvalue weighted by molar-refractivity contribution is 5.97. The van der Waals surface area contributed by atoms with Crippen LogP contribution >= 0.6 is 0 Å². The quantitative estimate of drug-likeness (QED) is 0.582. The van der Waals surface area contributed by atoms with Gasteiger partial charge in [0.15, 0.2) is 5.78 Å². The lowest BCUT2D eigenvalue weighted by Crippen LogP contribution is -2.30. The molecule has 0 saturated heterocycles. The van der Waals surface area contributed by atoms with Gasteiger partial charge >= 0.3 is 6.18 Å². The second-order valence-corrected chi connectivity index (χ2v) is 6.83. The molecule has 1 atom stereocenters. The molecule has 31 heavy (non-hydrogen) atoms. The highest BCUT2D eigenvalue weighted by Gasteiger charge is 2.34. The summed E-state index contributed by atoms with van der Waals surface area (Å²) in [6, 6.07) is 7.53. The SMILES string of the molecule is CC(=O)c1cc(C(=O)NC[C@@H](C)n2ccc(-c3ccc(C#N)c(C(F)(F)F)c3)n2)[nH]n1. The first-order valence-corrected chi connectivity index (χ1v) is 9.11. The lowest BCUT2D eigenvalue weighted by atomic mass is 10.0. The summed E-state index contributed by atoms with van der Waals surface area (Å²) >= 11 is 0. The van der Waals surface area contributed by atoms with Gasteiger partial charge in [-0.2, -0.15) is 28.6 Å². The highest BCUT2D eigenvalue weighted by Crippen LogP contribution is 2.34. The second kappa shape index (κ2) is 8.43. The molecule has 3 rings (SSSR count). The van der Waals surface area contributed by atoms with E-state index in [1.54, 1.807) is 25.3 Å². The molecule has 1 amide bonds. The lowest BCUT2D eigenvalue weighted by Gasteiger charge is -2.13. The minimum absolute atomic E-state index is 0.135. The average Bonchev–Trinajstić information content (AvgIpc) is 3.40. The standard InChI is InChI=1S/C20H17F3N6O2/c1-11(10-25-19(31)18-8-17(12(2)30)26-27-18)29-6-5-16(28-29)13-3-4-14(9-24)15(7-13)20(21,22)23/h3-8,11H,10H2,1-2H3,(H,25,31)(H,26,27)/t11-/m1/s1. The summed E-state index contributed by atoms with van der Waals surface area (Å²) in [6.07, 6.45) is -3.07. The Morgan fingerprint density at radius 1 is 1.29 bits per heavy atom. The Balaban J connectivity index is 1.71. The molecule has 0 bridgehead atoms. The van der Waals surface area contributed by atoms with Crippen LogP contribution in [0.15, 0.2) is 36.5 Å². The molecular weight excluding hydrogens is 413 g/mol. The summed E-state index contributed by atoms with van der Waals surface area (Å²) in [4.78, 5) is 23.4. The van der Waals surface area contributed by atoms with E-state index in [4.69, 9.17) is 5.26 Å². The summed E-state index contributed by atoms with van der Waals surface area (Å²) in [7, 11) is 0. The van der Waals surface area contributed by atoms with Crippen LogP contribution in [-0.4, -0.2) is 38.2 Å². The Morgan fingerprint density at radius 2 is 2.03 bits per heavy atom. The number of halogens is 3. The number of nitrogens with zero attached hydrogens (tertiary/aromatic N) is 4. The van der Waals surface area contributed by atoms with Crippen molar-refractivity contribution in [1.29, 1.82) is 5.26 Å². The number of nitriles is 1. The van der Waals surface area contributed by atoms with Crippen LogP contribution in [0.4, 0.5) is 13.2 Å². The molecule has 8 nitrogen and oxygen atoms in total. The Kier molecular flexibility index (Phi) is 5.92. The molecule has 0 radical (unpaired) electrons. The smallest absolute Gasteiger partial charge is 0.349 e. The van der Waals surface area contributed by atoms with E-state index >= 15 is 0 Å². The molecule has 2 N–H and O–H groups in total.